The minimum atomic E-state index is -4.18. The zero-order valence-electron chi connectivity index (χ0n) is 19.3. The van der Waals surface area contributed by atoms with E-state index in [0.29, 0.717) is 38.3 Å². The van der Waals surface area contributed by atoms with Crippen LogP contribution in [0.3, 0.4) is 0 Å². The molecule has 1 unspecified atom stereocenters. The van der Waals surface area contributed by atoms with Gasteiger partial charge < -0.3 is 29.0 Å². The first-order valence-corrected chi connectivity index (χ1v) is 12.8. The number of piperidine rings is 1. The van der Waals surface area contributed by atoms with Crippen LogP contribution >= 0.6 is 0 Å². The number of nitrogens with zero attached hydrogens (tertiary/aromatic N) is 2. The van der Waals surface area contributed by atoms with Crippen molar-refractivity contribution in [3.05, 3.63) is 18.2 Å². The Morgan fingerprint density at radius 3 is 2.46 bits per heavy atom. The van der Waals surface area contributed by atoms with E-state index in [1.807, 2.05) is 0 Å². The van der Waals surface area contributed by atoms with E-state index >= 15 is 0 Å². The number of methoxy groups -OCH3 is 1. The van der Waals surface area contributed by atoms with E-state index in [1.54, 1.807) is 0 Å². The lowest BCUT2D eigenvalue weighted by molar-refractivity contribution is -0.156. The number of carbonyl (C=O) groups is 3. The molecule has 0 bridgehead atoms. The van der Waals surface area contributed by atoms with Gasteiger partial charge in [0.05, 0.1) is 24.0 Å². The number of rotatable bonds is 6. The first-order chi connectivity index (χ1) is 16.7. The van der Waals surface area contributed by atoms with Gasteiger partial charge in [-0.05, 0) is 25.0 Å². The van der Waals surface area contributed by atoms with Gasteiger partial charge in [0, 0.05) is 32.1 Å². The highest BCUT2D eigenvalue weighted by Crippen LogP contribution is 2.35. The highest BCUT2D eigenvalue weighted by molar-refractivity contribution is 7.89. The Morgan fingerprint density at radius 2 is 1.77 bits per heavy atom. The molecule has 35 heavy (non-hydrogen) atoms. The quantitative estimate of drug-likeness (QED) is 0.496. The number of sulfonamides is 1. The molecule has 2 saturated heterocycles. The topological polar surface area (TPSA) is 149 Å². The van der Waals surface area contributed by atoms with Crippen LogP contribution in [0.5, 0.6) is 11.5 Å². The molecule has 0 spiro atoms. The van der Waals surface area contributed by atoms with Crippen molar-refractivity contribution in [2.24, 2.45) is 5.92 Å². The SMILES string of the molecule is COC(=O)C1CCN(C(=O)COC(=O)[C@@H]2CC(O)CN2S(=O)(=O)c2ccc3c(c2)OCCO3)CC1. The maximum atomic E-state index is 13.3. The number of benzene rings is 1. The fourth-order valence-electron chi connectivity index (χ4n) is 4.44. The molecule has 13 heteroatoms. The maximum Gasteiger partial charge on any atom is 0.325 e. The minimum absolute atomic E-state index is 0.113. The van der Waals surface area contributed by atoms with Crippen molar-refractivity contribution in [2.75, 3.05) is 46.6 Å². The molecule has 4 rings (SSSR count). The Labute approximate surface area is 202 Å². The van der Waals surface area contributed by atoms with E-state index in [4.69, 9.17) is 18.9 Å². The fourth-order valence-corrected chi connectivity index (χ4v) is 6.08. The average molecular weight is 513 g/mol. The highest BCUT2D eigenvalue weighted by Gasteiger charge is 2.45. The smallest absolute Gasteiger partial charge is 0.325 e. The molecule has 0 saturated carbocycles. The van der Waals surface area contributed by atoms with E-state index < -0.39 is 40.7 Å². The molecule has 1 aromatic rings. The number of hydrogen-bond acceptors (Lipinski definition) is 10. The van der Waals surface area contributed by atoms with Gasteiger partial charge in [0.25, 0.3) is 5.91 Å². The number of fused-ring (bicyclic) bond motifs is 1. The van der Waals surface area contributed by atoms with Crippen molar-refractivity contribution >= 4 is 27.9 Å². The van der Waals surface area contributed by atoms with E-state index in [2.05, 4.69) is 0 Å². The summed E-state index contributed by atoms with van der Waals surface area (Å²) in [7, 11) is -2.86. The van der Waals surface area contributed by atoms with Gasteiger partial charge in [0.15, 0.2) is 18.1 Å². The summed E-state index contributed by atoms with van der Waals surface area (Å²) in [4.78, 5) is 38.3. The number of β-amino-alcohol motifs (C(OH)–C–C–N with tert-alkyl or cyclic N) is 1. The fraction of sp³-hybridized carbons (Fsp3) is 0.591. The Kier molecular flexibility index (Phi) is 7.47. The molecule has 3 aliphatic rings. The summed E-state index contributed by atoms with van der Waals surface area (Å²) >= 11 is 0. The van der Waals surface area contributed by atoms with Crippen LogP contribution in [0, 0.1) is 5.92 Å². The molecule has 2 fully saturated rings. The van der Waals surface area contributed by atoms with Crippen LogP contribution < -0.4 is 9.47 Å². The molecule has 3 aliphatic heterocycles. The third-order valence-electron chi connectivity index (χ3n) is 6.35. The van der Waals surface area contributed by atoms with Crippen LogP contribution in [0.2, 0.25) is 0 Å². The molecule has 0 aromatic heterocycles. The van der Waals surface area contributed by atoms with E-state index in [9.17, 15) is 27.9 Å². The van der Waals surface area contributed by atoms with Crippen LogP contribution in [0.15, 0.2) is 23.1 Å². The third-order valence-corrected chi connectivity index (χ3v) is 8.22. The van der Waals surface area contributed by atoms with Crippen molar-refractivity contribution in [1.29, 1.82) is 0 Å². The van der Waals surface area contributed by atoms with Crippen LogP contribution in [0.1, 0.15) is 19.3 Å². The molecule has 0 aliphatic carbocycles. The summed E-state index contributed by atoms with van der Waals surface area (Å²) in [5.41, 5.74) is 0. The number of likely N-dealkylation sites (tertiary alicyclic amines) is 1. The van der Waals surface area contributed by atoms with Crippen LogP contribution in [-0.2, 0) is 33.9 Å². The Hall–Kier alpha value is -2.90. The molecular weight excluding hydrogens is 484 g/mol. The zero-order chi connectivity index (χ0) is 25.2. The summed E-state index contributed by atoms with van der Waals surface area (Å²) in [5.74, 6) is -1.25. The lowest BCUT2D eigenvalue weighted by Crippen LogP contribution is -2.44. The molecular formula is C22H28N2O10S. The number of amides is 1. The van der Waals surface area contributed by atoms with Crippen molar-refractivity contribution in [3.63, 3.8) is 0 Å². The van der Waals surface area contributed by atoms with Crippen LogP contribution in [0.4, 0.5) is 0 Å². The van der Waals surface area contributed by atoms with Gasteiger partial charge in [-0.2, -0.15) is 4.31 Å². The van der Waals surface area contributed by atoms with Crippen LogP contribution in [-0.4, -0.2) is 99.3 Å². The van der Waals surface area contributed by atoms with Crippen LogP contribution in [0.25, 0.3) is 0 Å². The molecule has 1 aromatic carbocycles. The van der Waals surface area contributed by atoms with Crippen molar-refractivity contribution in [2.45, 2.75) is 36.3 Å². The maximum absolute atomic E-state index is 13.3. The number of ether oxygens (including phenoxy) is 4. The molecule has 0 radical (unpaired) electrons. The Balaban J connectivity index is 1.38. The van der Waals surface area contributed by atoms with E-state index in [1.165, 1.54) is 30.2 Å². The number of esters is 2. The molecule has 2 atom stereocenters. The second kappa shape index (κ2) is 10.4. The van der Waals surface area contributed by atoms with Crippen molar-refractivity contribution < 1.29 is 46.9 Å². The number of aliphatic hydroxyl groups excluding tert-OH is 1. The van der Waals surface area contributed by atoms with Crippen molar-refractivity contribution in [1.82, 2.24) is 9.21 Å². The van der Waals surface area contributed by atoms with E-state index in [-0.39, 0.29) is 42.1 Å². The molecule has 1 N–H and O–H groups in total. The second-order valence-corrected chi connectivity index (χ2v) is 10.5. The van der Waals surface area contributed by atoms with Gasteiger partial charge in [-0.15, -0.1) is 0 Å². The first-order valence-electron chi connectivity index (χ1n) is 11.3. The zero-order valence-corrected chi connectivity index (χ0v) is 20.1. The molecule has 192 valence electrons. The number of hydrogen-bond donors (Lipinski definition) is 1. The summed E-state index contributed by atoms with van der Waals surface area (Å²) in [6.45, 7) is 0.430. The predicted molar refractivity (Wildman–Crippen MR) is 118 cm³/mol. The lowest BCUT2D eigenvalue weighted by atomic mass is 9.97. The summed E-state index contributed by atoms with van der Waals surface area (Å²) in [5, 5.41) is 10.1. The van der Waals surface area contributed by atoms with Gasteiger partial charge in [-0.3, -0.25) is 14.4 Å². The molecule has 3 heterocycles. The largest absolute Gasteiger partial charge is 0.486 e. The van der Waals surface area contributed by atoms with Gasteiger partial charge >= 0.3 is 11.9 Å². The van der Waals surface area contributed by atoms with Gasteiger partial charge in [0.1, 0.15) is 19.3 Å². The standard InChI is InChI=1S/C22H28N2O10S/c1-31-21(27)14-4-6-23(7-5-14)20(26)13-34-22(28)17-10-15(25)12-24(17)35(29,30)16-2-3-18-19(11-16)33-9-8-32-18/h2-3,11,14-15,17,25H,4-10,12-13H2,1H3/t15?,17-/m0/s1. The summed E-state index contributed by atoms with van der Waals surface area (Å²) in [6, 6.07) is 2.86. The highest BCUT2D eigenvalue weighted by atomic mass is 32.2. The van der Waals surface area contributed by atoms with Gasteiger partial charge in [0.2, 0.25) is 10.0 Å². The Bertz CT molecular complexity index is 1080. The second-order valence-electron chi connectivity index (χ2n) is 8.57. The molecule has 12 nitrogen and oxygen atoms in total. The minimum Gasteiger partial charge on any atom is -0.486 e. The van der Waals surface area contributed by atoms with Gasteiger partial charge in [-0.25, -0.2) is 8.42 Å². The normalized spacial score (nSPS) is 23.1. The van der Waals surface area contributed by atoms with Crippen molar-refractivity contribution in [3.8, 4) is 11.5 Å². The monoisotopic (exact) mass is 512 g/mol. The summed E-state index contributed by atoms with van der Waals surface area (Å²) in [6.07, 6.45) is -0.320. The molecule has 1 amide bonds. The Morgan fingerprint density at radius 1 is 1.09 bits per heavy atom. The lowest BCUT2D eigenvalue weighted by Gasteiger charge is -2.30. The number of aliphatic hydroxyl groups is 1. The van der Waals surface area contributed by atoms with E-state index in [0.717, 1.165) is 4.31 Å². The first kappa shape index (κ1) is 25.2. The summed E-state index contributed by atoms with van der Waals surface area (Å²) < 4.78 is 48.2. The van der Waals surface area contributed by atoms with Gasteiger partial charge in [-0.1, -0.05) is 0 Å². The number of carbonyl (C=O) groups excluding carboxylic acids is 3. The average Bonchev–Trinajstić information content (AvgIpc) is 3.29. The third kappa shape index (κ3) is 5.36. The predicted octanol–water partition coefficient (Wildman–Crippen LogP) is -0.463.